The van der Waals surface area contributed by atoms with Gasteiger partial charge in [-0.05, 0) is 19.1 Å². The van der Waals surface area contributed by atoms with Gasteiger partial charge in [0.1, 0.15) is 5.82 Å². The lowest BCUT2D eigenvalue weighted by molar-refractivity contribution is -0.117. The first-order valence-corrected chi connectivity index (χ1v) is 5.26. The maximum atomic E-state index is 13.3. The molecule has 1 atom stereocenters. The number of benzene rings is 1. The van der Waals surface area contributed by atoms with Crippen LogP contribution in [0.3, 0.4) is 0 Å². The van der Waals surface area contributed by atoms with Crippen LogP contribution < -0.4 is 11.1 Å². The summed E-state index contributed by atoms with van der Waals surface area (Å²) in [5.74, 6) is -1.76. The molecule has 0 saturated carbocycles. The van der Waals surface area contributed by atoms with Crippen LogP contribution in [0.4, 0.5) is 10.1 Å². The third-order valence-corrected chi connectivity index (χ3v) is 2.70. The molecule has 3 N–H and O–H groups in total. The number of hydrogen-bond donors (Lipinski definition) is 2. The SMILES string of the molecule is CC(C(=O)Nc1c(F)cccc1Cl)C(N)=S. The lowest BCUT2D eigenvalue weighted by Crippen LogP contribution is -2.31. The Balaban J connectivity index is 2.89. The van der Waals surface area contributed by atoms with E-state index in [9.17, 15) is 9.18 Å². The van der Waals surface area contributed by atoms with Crippen molar-refractivity contribution in [3.05, 3.63) is 29.0 Å². The molecule has 0 aromatic heterocycles. The molecule has 1 rings (SSSR count). The van der Waals surface area contributed by atoms with Gasteiger partial charge in [-0.15, -0.1) is 0 Å². The van der Waals surface area contributed by atoms with E-state index in [1.807, 2.05) is 0 Å². The van der Waals surface area contributed by atoms with Crippen LogP contribution in [0.5, 0.6) is 0 Å². The van der Waals surface area contributed by atoms with E-state index in [-0.39, 0.29) is 15.7 Å². The summed E-state index contributed by atoms with van der Waals surface area (Å²) in [5.41, 5.74) is 5.25. The highest BCUT2D eigenvalue weighted by molar-refractivity contribution is 7.80. The number of para-hydroxylation sites is 1. The molecule has 86 valence electrons. The summed E-state index contributed by atoms with van der Waals surface area (Å²) >= 11 is 10.4. The molecule has 1 amide bonds. The molecule has 0 spiro atoms. The van der Waals surface area contributed by atoms with Crippen molar-refractivity contribution in [3.63, 3.8) is 0 Å². The van der Waals surface area contributed by atoms with Gasteiger partial charge in [0.2, 0.25) is 5.91 Å². The average Bonchev–Trinajstić information content (AvgIpc) is 2.22. The number of halogens is 2. The zero-order valence-corrected chi connectivity index (χ0v) is 10.0. The molecule has 0 saturated heterocycles. The summed E-state index contributed by atoms with van der Waals surface area (Å²) < 4.78 is 13.3. The molecule has 1 aromatic carbocycles. The van der Waals surface area contributed by atoms with Gasteiger partial charge in [-0.2, -0.15) is 0 Å². The molecule has 16 heavy (non-hydrogen) atoms. The summed E-state index contributed by atoms with van der Waals surface area (Å²) in [4.78, 5) is 11.6. The molecule has 0 aliphatic rings. The molecule has 0 fully saturated rings. The molecule has 0 aliphatic heterocycles. The van der Waals surface area contributed by atoms with Gasteiger partial charge in [-0.1, -0.05) is 29.9 Å². The predicted molar refractivity (Wildman–Crippen MR) is 66.0 cm³/mol. The van der Waals surface area contributed by atoms with Crippen molar-refractivity contribution in [2.24, 2.45) is 11.7 Å². The van der Waals surface area contributed by atoms with Crippen molar-refractivity contribution >= 4 is 40.4 Å². The third-order valence-electron chi connectivity index (χ3n) is 2.03. The van der Waals surface area contributed by atoms with E-state index in [4.69, 9.17) is 17.3 Å². The quantitative estimate of drug-likeness (QED) is 0.821. The summed E-state index contributed by atoms with van der Waals surface area (Å²) in [6, 6.07) is 4.13. The van der Waals surface area contributed by atoms with Gasteiger partial charge < -0.3 is 11.1 Å². The molecule has 0 aliphatic carbocycles. The fraction of sp³-hybridized carbons (Fsp3) is 0.200. The van der Waals surface area contributed by atoms with E-state index in [1.165, 1.54) is 25.1 Å². The Morgan fingerprint density at radius 2 is 2.25 bits per heavy atom. The van der Waals surface area contributed by atoms with Crippen LogP contribution in [0.1, 0.15) is 6.92 Å². The number of hydrogen-bond acceptors (Lipinski definition) is 2. The van der Waals surface area contributed by atoms with Crippen LogP contribution >= 0.6 is 23.8 Å². The van der Waals surface area contributed by atoms with Crippen molar-refractivity contribution in [3.8, 4) is 0 Å². The number of amides is 1. The summed E-state index contributed by atoms with van der Waals surface area (Å²) in [5, 5.41) is 2.47. The first-order valence-electron chi connectivity index (χ1n) is 4.47. The normalized spacial score (nSPS) is 11.9. The minimum Gasteiger partial charge on any atom is -0.393 e. The largest absolute Gasteiger partial charge is 0.393 e. The molecule has 6 heteroatoms. The van der Waals surface area contributed by atoms with Gasteiger partial charge in [0.15, 0.2) is 0 Å². The topological polar surface area (TPSA) is 55.1 Å². The van der Waals surface area contributed by atoms with Gasteiger partial charge in [-0.25, -0.2) is 4.39 Å². The Labute approximate surface area is 103 Å². The zero-order chi connectivity index (χ0) is 12.3. The van der Waals surface area contributed by atoms with Crippen LogP contribution in [-0.4, -0.2) is 10.9 Å². The minimum atomic E-state index is -0.675. The molecule has 0 radical (unpaired) electrons. The van der Waals surface area contributed by atoms with Crippen LogP contribution in [-0.2, 0) is 4.79 Å². The van der Waals surface area contributed by atoms with E-state index in [0.717, 1.165) is 0 Å². The first-order chi connectivity index (χ1) is 7.43. The highest BCUT2D eigenvalue weighted by Crippen LogP contribution is 2.24. The van der Waals surface area contributed by atoms with E-state index in [1.54, 1.807) is 0 Å². The number of thiocarbonyl (C=S) groups is 1. The second kappa shape index (κ2) is 5.23. The number of carbonyl (C=O) groups excluding carboxylic acids is 1. The second-order valence-corrected chi connectivity index (χ2v) is 4.09. The van der Waals surface area contributed by atoms with Crippen molar-refractivity contribution in [2.45, 2.75) is 6.92 Å². The Morgan fingerprint density at radius 1 is 1.62 bits per heavy atom. The summed E-state index contributed by atoms with van der Waals surface area (Å²) in [7, 11) is 0. The van der Waals surface area contributed by atoms with Crippen LogP contribution in [0, 0.1) is 11.7 Å². The standard InChI is InChI=1S/C10H10ClFN2OS/c1-5(9(13)16)10(15)14-8-6(11)3-2-4-7(8)12/h2-5H,1H3,(H2,13,16)(H,14,15). The Hall–Kier alpha value is -1.20. The van der Waals surface area contributed by atoms with Crippen LogP contribution in [0.15, 0.2) is 18.2 Å². The van der Waals surface area contributed by atoms with Crippen LogP contribution in [0.25, 0.3) is 0 Å². The van der Waals surface area contributed by atoms with Crippen molar-refractivity contribution in [1.82, 2.24) is 0 Å². The monoisotopic (exact) mass is 260 g/mol. The van der Waals surface area contributed by atoms with Gasteiger partial charge in [-0.3, -0.25) is 4.79 Å². The lowest BCUT2D eigenvalue weighted by atomic mass is 10.1. The third kappa shape index (κ3) is 2.90. The number of nitrogens with two attached hydrogens (primary N) is 1. The second-order valence-electron chi connectivity index (χ2n) is 3.21. The van der Waals surface area contributed by atoms with E-state index in [2.05, 4.69) is 17.5 Å². The summed E-state index contributed by atoms with van der Waals surface area (Å²) in [6.07, 6.45) is 0. The van der Waals surface area contributed by atoms with E-state index in [0.29, 0.717) is 0 Å². The maximum absolute atomic E-state index is 13.3. The molecular weight excluding hydrogens is 251 g/mol. The van der Waals surface area contributed by atoms with Gasteiger partial charge in [0, 0.05) is 0 Å². The highest BCUT2D eigenvalue weighted by atomic mass is 35.5. The Kier molecular flexibility index (Phi) is 4.20. The number of anilines is 1. The molecule has 3 nitrogen and oxygen atoms in total. The van der Waals surface area contributed by atoms with Gasteiger partial charge >= 0.3 is 0 Å². The average molecular weight is 261 g/mol. The molecule has 0 bridgehead atoms. The fourth-order valence-corrected chi connectivity index (χ4v) is 1.30. The molecular formula is C10H10ClFN2OS. The Morgan fingerprint density at radius 3 is 2.75 bits per heavy atom. The first kappa shape index (κ1) is 12.9. The van der Waals surface area contributed by atoms with Crippen molar-refractivity contribution < 1.29 is 9.18 Å². The van der Waals surface area contributed by atoms with E-state index < -0.39 is 17.6 Å². The number of carbonyl (C=O) groups is 1. The number of nitrogens with one attached hydrogen (secondary N) is 1. The van der Waals surface area contributed by atoms with Crippen LogP contribution in [0.2, 0.25) is 5.02 Å². The zero-order valence-electron chi connectivity index (χ0n) is 8.46. The lowest BCUT2D eigenvalue weighted by Gasteiger charge is -2.12. The summed E-state index contributed by atoms with van der Waals surface area (Å²) in [6.45, 7) is 1.53. The molecule has 1 aromatic rings. The number of rotatable bonds is 3. The van der Waals surface area contributed by atoms with Crippen molar-refractivity contribution in [1.29, 1.82) is 0 Å². The molecule has 1 unspecified atom stereocenters. The maximum Gasteiger partial charge on any atom is 0.234 e. The molecule has 0 heterocycles. The minimum absolute atomic E-state index is 0.0463. The Bertz CT molecular complexity index is 419. The smallest absolute Gasteiger partial charge is 0.234 e. The predicted octanol–water partition coefficient (Wildman–Crippen LogP) is 2.34. The highest BCUT2D eigenvalue weighted by Gasteiger charge is 2.18. The van der Waals surface area contributed by atoms with Gasteiger partial charge in [0.25, 0.3) is 0 Å². The van der Waals surface area contributed by atoms with Crippen molar-refractivity contribution in [2.75, 3.05) is 5.32 Å². The van der Waals surface area contributed by atoms with Gasteiger partial charge in [0.05, 0.1) is 21.6 Å². The fourth-order valence-electron chi connectivity index (χ4n) is 0.978. The van der Waals surface area contributed by atoms with E-state index >= 15 is 0 Å².